The third-order valence-corrected chi connectivity index (χ3v) is 1.87. The number of allylic oxidation sites excluding steroid dienone is 1. The Morgan fingerprint density at radius 2 is 2.19 bits per heavy atom. The van der Waals surface area contributed by atoms with Gasteiger partial charge in [-0.25, -0.2) is 0 Å². The Morgan fingerprint density at radius 1 is 1.50 bits per heavy atom. The van der Waals surface area contributed by atoms with Crippen molar-refractivity contribution in [2.75, 3.05) is 20.6 Å². The molecule has 3 nitrogen and oxygen atoms in total. The van der Waals surface area contributed by atoms with Gasteiger partial charge in [-0.3, -0.25) is 0 Å². The summed E-state index contributed by atoms with van der Waals surface area (Å²) in [4.78, 5) is 0. The first kappa shape index (κ1) is 3.50. The van der Waals surface area contributed by atoms with Crippen LogP contribution in [0.25, 0.3) is 0 Å². The van der Waals surface area contributed by atoms with Gasteiger partial charge in [0, 0.05) is 11.0 Å². The molecule has 0 spiro atoms. The molecular weight excluding hydrogens is 202 g/mol. The van der Waals surface area contributed by atoms with E-state index in [1.807, 2.05) is 0 Å². The summed E-state index contributed by atoms with van der Waals surface area (Å²) in [7, 11) is -6.10. The van der Waals surface area contributed by atoms with E-state index in [-0.39, 0.29) is 5.56 Å². The quantitative estimate of drug-likeness (QED) is 0.765. The number of methoxy groups -OCH3 is 2. The van der Waals surface area contributed by atoms with Gasteiger partial charge in [0.25, 0.3) is 0 Å². The molecule has 0 aliphatic heterocycles. The summed E-state index contributed by atoms with van der Waals surface area (Å²) >= 11 is 0. The lowest BCUT2D eigenvalue weighted by molar-refractivity contribution is 0.395. The number of hydrogen-bond donors (Lipinski definition) is 1. The van der Waals surface area contributed by atoms with Gasteiger partial charge in [0.15, 0.2) is 0 Å². The number of hydrogen-bond acceptors (Lipinski definition) is 3. The molecule has 0 bridgehead atoms. The Kier molecular flexibility index (Phi) is 1.35. The molecule has 0 saturated carbocycles. The van der Waals surface area contributed by atoms with E-state index in [1.165, 1.54) is 0 Å². The molecule has 0 saturated heterocycles. The van der Waals surface area contributed by atoms with Crippen LogP contribution in [0.1, 0.15) is 28.9 Å². The summed E-state index contributed by atoms with van der Waals surface area (Å²) in [5, 5.41) is 0. The van der Waals surface area contributed by atoms with Crippen LogP contribution in [0.5, 0.6) is 11.5 Å². The van der Waals surface area contributed by atoms with Crippen LogP contribution in [0.2, 0.25) is 0 Å². The van der Waals surface area contributed by atoms with Crippen molar-refractivity contribution in [2.24, 2.45) is 5.73 Å². The van der Waals surface area contributed by atoms with E-state index >= 15 is 0 Å². The largest absolute Gasteiger partial charge is 0.496 e. The number of nitrogens with two attached hydrogens (primary N) is 1. The molecule has 1 aromatic rings. The van der Waals surface area contributed by atoms with Crippen LogP contribution < -0.4 is 15.2 Å². The molecule has 0 fully saturated rings. The molecule has 0 radical (unpaired) electrons. The number of ether oxygens (including phenoxy) is 2. The molecule has 0 amide bonds. The highest BCUT2D eigenvalue weighted by Gasteiger charge is 2.09. The van der Waals surface area contributed by atoms with E-state index in [4.69, 9.17) is 33.0 Å². The Bertz CT molecular complexity index is 773. The van der Waals surface area contributed by atoms with Crippen LogP contribution in [0.3, 0.4) is 0 Å². The third-order valence-electron chi connectivity index (χ3n) is 1.87. The summed E-state index contributed by atoms with van der Waals surface area (Å²) in [5.41, 5.74) is 4.41. The second-order valence-electron chi connectivity index (χ2n) is 2.79. The summed E-state index contributed by atoms with van der Waals surface area (Å²) in [5.74, 6) is -1.21. The zero-order valence-corrected chi connectivity index (χ0v) is 8.26. The van der Waals surface area contributed by atoms with Gasteiger partial charge >= 0.3 is 0 Å². The molecule has 3 heteroatoms. The molecule has 0 aliphatic carbocycles. The lowest BCUT2D eigenvalue weighted by atomic mass is 10.0. The summed E-state index contributed by atoms with van der Waals surface area (Å²) in [6.45, 7) is -3.56. The first-order valence-electron chi connectivity index (χ1n) is 10.7. The minimum Gasteiger partial charge on any atom is -0.496 e. The van der Waals surface area contributed by atoms with Crippen LogP contribution >= 0.6 is 0 Å². The first-order chi connectivity index (χ1) is 12.7. The van der Waals surface area contributed by atoms with Crippen molar-refractivity contribution in [1.29, 1.82) is 0 Å². The normalized spacial score (nSPS) is 24.9. The van der Waals surface area contributed by atoms with E-state index in [0.29, 0.717) is 0 Å². The van der Waals surface area contributed by atoms with Gasteiger partial charge in [-0.05, 0) is 37.0 Å². The van der Waals surface area contributed by atoms with Crippen LogP contribution in [-0.4, -0.2) is 20.6 Å². The molecule has 0 aliphatic rings. The van der Waals surface area contributed by atoms with Crippen molar-refractivity contribution >= 4 is 0 Å². The molecule has 88 valence electrons. The van der Waals surface area contributed by atoms with Gasteiger partial charge in [0.1, 0.15) is 11.5 Å². The maximum atomic E-state index is 8.05. The number of rotatable bonds is 6. The zero-order chi connectivity index (χ0) is 23.0. The van der Waals surface area contributed by atoms with Gasteiger partial charge in [-0.15, -0.1) is 6.53 Å². The highest BCUT2D eigenvalue weighted by atomic mass is 16.5. The Labute approximate surface area is 115 Å². The average Bonchev–Trinajstić information content (AvgIpc) is 2.44. The van der Waals surface area contributed by atoms with E-state index in [0.717, 1.165) is 12.1 Å². The first-order valence-corrected chi connectivity index (χ1v) is 4.22. The smallest absolute Gasteiger partial charge is 0.122 e. The van der Waals surface area contributed by atoms with Crippen LogP contribution in [0, 0.1) is 0 Å². The number of benzene rings is 1. The molecule has 0 heterocycles. The van der Waals surface area contributed by atoms with Crippen LogP contribution in [0.4, 0.5) is 0 Å². The third kappa shape index (κ3) is 2.76. The van der Waals surface area contributed by atoms with Crippen LogP contribution in [-0.2, 0) is 12.8 Å². The molecule has 0 aromatic heterocycles. The van der Waals surface area contributed by atoms with E-state index in [2.05, 4.69) is 0 Å². The number of aryl methyl sites for hydroxylation is 1. The molecule has 1 aromatic carbocycles. The Morgan fingerprint density at radius 3 is 2.81 bits per heavy atom. The fourth-order valence-electron chi connectivity index (χ4n) is 1.19. The van der Waals surface area contributed by atoms with Crippen molar-refractivity contribution in [3.8, 4) is 11.5 Å². The lowest BCUT2D eigenvalue weighted by Gasteiger charge is -2.13. The average molecular weight is 234 g/mol. The standard InChI is InChI=1S/C13H19NO2/c1-4-5-10-8-13(16-3)11(6-7-14)9-12(10)15-2/h4,8-9H,1,5-7,14H2,2-3H3/i1D2,2D3,3D3,4D,5D2,7D2. The van der Waals surface area contributed by atoms with Crippen LogP contribution in [0.15, 0.2) is 24.7 Å². The maximum absolute atomic E-state index is 8.05. The Hall–Kier alpha value is -1.48. The molecule has 1 rings (SSSR count). The highest BCUT2D eigenvalue weighted by molar-refractivity contribution is 5.47. The fourth-order valence-corrected chi connectivity index (χ4v) is 1.19. The SMILES string of the molecule is [2H]C([2H])=C([2H])C([2H])([2H])c1cc(OC([2H])([2H])[2H])c(CC([2H])([2H])N)cc1OC([2H])([2H])[2H]. The Balaban J connectivity index is 3.84. The monoisotopic (exact) mass is 234 g/mol. The van der Waals surface area contributed by atoms with E-state index in [9.17, 15) is 0 Å². The topological polar surface area (TPSA) is 44.5 Å². The second kappa shape index (κ2) is 6.18. The van der Waals surface area contributed by atoms with Gasteiger partial charge in [0.2, 0.25) is 0 Å². The fraction of sp³-hybridized carbons (Fsp3) is 0.385. The maximum Gasteiger partial charge on any atom is 0.122 e. The molecule has 2 N–H and O–H groups in total. The highest BCUT2D eigenvalue weighted by Crippen LogP contribution is 2.29. The van der Waals surface area contributed by atoms with Crippen molar-refractivity contribution in [3.63, 3.8) is 0 Å². The van der Waals surface area contributed by atoms with Crippen molar-refractivity contribution in [2.45, 2.75) is 12.8 Å². The predicted molar refractivity (Wildman–Crippen MR) is 66.2 cm³/mol. The lowest BCUT2D eigenvalue weighted by Crippen LogP contribution is -2.05. The predicted octanol–water partition coefficient (Wildman–Crippen LogP) is 1.93. The summed E-state index contributed by atoms with van der Waals surface area (Å²) in [6.07, 6.45) is -3.56. The second-order valence-corrected chi connectivity index (χ2v) is 2.79. The van der Waals surface area contributed by atoms with Gasteiger partial charge in [-0.1, -0.05) is 6.05 Å². The molecular formula is C13H19NO2. The summed E-state index contributed by atoms with van der Waals surface area (Å²) in [6, 6.07) is 0.452. The molecule has 16 heavy (non-hydrogen) atoms. The van der Waals surface area contributed by atoms with Gasteiger partial charge in [0.05, 0.1) is 26.4 Å². The zero-order valence-electron chi connectivity index (χ0n) is 21.3. The van der Waals surface area contributed by atoms with Gasteiger partial charge < -0.3 is 15.2 Å². The van der Waals surface area contributed by atoms with E-state index < -0.39 is 63.0 Å². The minimum absolute atomic E-state index is 0.222. The van der Waals surface area contributed by atoms with Crippen molar-refractivity contribution in [1.82, 2.24) is 0 Å². The van der Waals surface area contributed by atoms with E-state index in [1.54, 1.807) is 0 Å². The van der Waals surface area contributed by atoms with Crippen molar-refractivity contribution < 1.29 is 27.3 Å². The molecule has 0 atom stereocenters. The van der Waals surface area contributed by atoms with Gasteiger partial charge in [-0.2, -0.15) is 0 Å². The molecule has 0 unspecified atom stereocenters. The summed E-state index contributed by atoms with van der Waals surface area (Å²) < 4.78 is 106. The van der Waals surface area contributed by atoms with Crippen molar-refractivity contribution in [3.05, 3.63) is 35.8 Å². The minimum atomic E-state index is -3.08.